The molecule has 0 unspecified atom stereocenters. The molecule has 0 saturated carbocycles. The van der Waals surface area contributed by atoms with Gasteiger partial charge >= 0.3 is 6.18 Å². The summed E-state index contributed by atoms with van der Waals surface area (Å²) < 4.78 is 45.5. The third-order valence-electron chi connectivity index (χ3n) is 2.05. The first-order valence-corrected chi connectivity index (χ1v) is 4.84. The minimum absolute atomic E-state index is 0.159. The number of hydrogen-bond acceptors (Lipinski definition) is 4. The Balaban J connectivity index is 1.80. The van der Waals surface area contributed by atoms with Gasteiger partial charge in [-0.15, -0.1) is 0 Å². The standard InChI is InChI=1S/C10H10F3NO3/c11-10(12,13)5-17-14-4-7-1-2-8-9(3-7)16-6-15-8/h1-3,14H,4-6H2. The molecule has 0 aromatic heterocycles. The van der Waals surface area contributed by atoms with Gasteiger partial charge in [-0.3, -0.25) is 4.84 Å². The van der Waals surface area contributed by atoms with Gasteiger partial charge in [0.2, 0.25) is 6.79 Å². The summed E-state index contributed by atoms with van der Waals surface area (Å²) >= 11 is 0. The van der Waals surface area contributed by atoms with Crippen LogP contribution in [0.25, 0.3) is 0 Å². The van der Waals surface area contributed by atoms with Gasteiger partial charge in [0.15, 0.2) is 18.1 Å². The third kappa shape index (κ3) is 3.50. The molecule has 7 heteroatoms. The fourth-order valence-corrected chi connectivity index (χ4v) is 1.32. The fourth-order valence-electron chi connectivity index (χ4n) is 1.32. The van der Waals surface area contributed by atoms with Gasteiger partial charge in [-0.2, -0.15) is 18.7 Å². The lowest BCUT2D eigenvalue weighted by Crippen LogP contribution is -2.24. The molecule has 1 aromatic rings. The van der Waals surface area contributed by atoms with Crippen molar-refractivity contribution < 1.29 is 27.5 Å². The second-order valence-corrected chi connectivity index (χ2v) is 3.41. The maximum Gasteiger partial charge on any atom is 0.413 e. The highest BCUT2D eigenvalue weighted by molar-refractivity contribution is 5.44. The van der Waals surface area contributed by atoms with Crippen LogP contribution in [-0.4, -0.2) is 19.6 Å². The van der Waals surface area contributed by atoms with E-state index in [0.29, 0.717) is 11.5 Å². The molecule has 1 aliphatic rings. The van der Waals surface area contributed by atoms with E-state index in [1.165, 1.54) is 0 Å². The molecule has 1 aliphatic heterocycles. The maximum atomic E-state index is 11.8. The first-order chi connectivity index (χ1) is 8.04. The lowest BCUT2D eigenvalue weighted by molar-refractivity contribution is -0.190. The predicted octanol–water partition coefficient (Wildman–Crippen LogP) is 2.00. The van der Waals surface area contributed by atoms with Crippen LogP contribution in [0, 0.1) is 0 Å². The van der Waals surface area contributed by atoms with Crippen molar-refractivity contribution in [3.63, 3.8) is 0 Å². The zero-order valence-corrected chi connectivity index (χ0v) is 8.71. The average Bonchev–Trinajstić information content (AvgIpc) is 2.70. The molecule has 4 nitrogen and oxygen atoms in total. The Labute approximate surface area is 95.2 Å². The number of hydrogen-bond donors (Lipinski definition) is 1. The molecule has 0 fully saturated rings. The van der Waals surface area contributed by atoms with Crippen molar-refractivity contribution >= 4 is 0 Å². The van der Waals surface area contributed by atoms with Crippen LogP contribution < -0.4 is 15.0 Å². The molecule has 0 aliphatic carbocycles. The van der Waals surface area contributed by atoms with Crippen LogP contribution in [0.4, 0.5) is 13.2 Å². The van der Waals surface area contributed by atoms with Crippen molar-refractivity contribution in [2.45, 2.75) is 12.7 Å². The van der Waals surface area contributed by atoms with Crippen LogP contribution in [0.15, 0.2) is 18.2 Å². The van der Waals surface area contributed by atoms with Gasteiger partial charge in [0.05, 0.1) is 0 Å². The summed E-state index contributed by atoms with van der Waals surface area (Å²) in [6.45, 7) is -0.999. The van der Waals surface area contributed by atoms with Crippen molar-refractivity contribution in [2.24, 2.45) is 0 Å². The fraction of sp³-hybridized carbons (Fsp3) is 0.400. The minimum Gasteiger partial charge on any atom is -0.454 e. The number of rotatable bonds is 4. The van der Waals surface area contributed by atoms with Gasteiger partial charge in [-0.1, -0.05) is 6.07 Å². The summed E-state index contributed by atoms with van der Waals surface area (Å²) in [4.78, 5) is 4.27. The van der Waals surface area contributed by atoms with E-state index in [1.54, 1.807) is 18.2 Å². The van der Waals surface area contributed by atoms with Gasteiger partial charge in [-0.05, 0) is 17.7 Å². The highest BCUT2D eigenvalue weighted by atomic mass is 19.4. The summed E-state index contributed by atoms with van der Waals surface area (Å²) in [7, 11) is 0. The lowest BCUT2D eigenvalue weighted by Gasteiger charge is -2.08. The number of ether oxygens (including phenoxy) is 2. The molecule has 1 heterocycles. The molecular formula is C10H10F3NO3. The summed E-state index contributed by atoms with van der Waals surface area (Å²) in [5.41, 5.74) is 2.98. The van der Waals surface area contributed by atoms with Crippen molar-refractivity contribution in [3.8, 4) is 11.5 Å². The number of fused-ring (bicyclic) bond motifs is 1. The average molecular weight is 249 g/mol. The molecular weight excluding hydrogens is 239 g/mol. The number of halogens is 3. The molecule has 0 saturated heterocycles. The highest BCUT2D eigenvalue weighted by Gasteiger charge is 2.27. The quantitative estimate of drug-likeness (QED) is 0.654. The number of benzene rings is 1. The van der Waals surface area contributed by atoms with Crippen molar-refractivity contribution in [1.82, 2.24) is 5.48 Å². The van der Waals surface area contributed by atoms with Crippen LogP contribution in [0.5, 0.6) is 11.5 Å². The first kappa shape index (κ1) is 12.0. The smallest absolute Gasteiger partial charge is 0.413 e. The van der Waals surface area contributed by atoms with Crippen LogP contribution in [0.3, 0.4) is 0 Å². The van der Waals surface area contributed by atoms with Crippen LogP contribution in [0.2, 0.25) is 0 Å². The number of hydroxylamine groups is 1. The Morgan fingerprint density at radius 3 is 2.76 bits per heavy atom. The lowest BCUT2D eigenvalue weighted by atomic mass is 10.2. The van der Waals surface area contributed by atoms with Crippen molar-refractivity contribution in [3.05, 3.63) is 23.8 Å². The Kier molecular flexibility index (Phi) is 3.39. The van der Waals surface area contributed by atoms with E-state index in [2.05, 4.69) is 10.3 Å². The largest absolute Gasteiger partial charge is 0.454 e. The molecule has 17 heavy (non-hydrogen) atoms. The van der Waals surface area contributed by atoms with Gasteiger partial charge < -0.3 is 9.47 Å². The zero-order chi connectivity index (χ0) is 12.3. The van der Waals surface area contributed by atoms with Gasteiger partial charge in [0.1, 0.15) is 0 Å². The monoisotopic (exact) mass is 249 g/mol. The van der Waals surface area contributed by atoms with Crippen LogP contribution in [0.1, 0.15) is 5.56 Å². The predicted molar refractivity (Wildman–Crippen MR) is 51.4 cm³/mol. The summed E-state index contributed by atoms with van der Waals surface area (Å²) in [6, 6.07) is 5.10. The third-order valence-corrected chi connectivity index (χ3v) is 2.05. The number of alkyl halides is 3. The Bertz CT molecular complexity index is 395. The second-order valence-electron chi connectivity index (χ2n) is 3.41. The molecule has 0 amide bonds. The molecule has 1 N–H and O–H groups in total. The van der Waals surface area contributed by atoms with E-state index in [-0.39, 0.29) is 13.3 Å². The Hall–Kier alpha value is -1.47. The van der Waals surface area contributed by atoms with Gasteiger partial charge in [-0.25, -0.2) is 0 Å². The van der Waals surface area contributed by atoms with E-state index in [1.807, 2.05) is 0 Å². The van der Waals surface area contributed by atoms with E-state index >= 15 is 0 Å². The molecule has 0 bridgehead atoms. The van der Waals surface area contributed by atoms with E-state index in [4.69, 9.17) is 9.47 Å². The highest BCUT2D eigenvalue weighted by Crippen LogP contribution is 2.32. The normalized spacial score (nSPS) is 14.1. The Morgan fingerprint density at radius 1 is 1.24 bits per heavy atom. The second kappa shape index (κ2) is 4.80. The molecule has 0 spiro atoms. The molecule has 94 valence electrons. The van der Waals surface area contributed by atoms with E-state index in [9.17, 15) is 13.2 Å². The van der Waals surface area contributed by atoms with E-state index in [0.717, 1.165) is 5.56 Å². The first-order valence-electron chi connectivity index (χ1n) is 4.84. The summed E-state index contributed by atoms with van der Waals surface area (Å²) in [5, 5.41) is 0. The molecule has 0 radical (unpaired) electrons. The summed E-state index contributed by atoms with van der Waals surface area (Å²) in [5.74, 6) is 1.21. The SMILES string of the molecule is FC(F)(F)CONCc1ccc2c(c1)OCO2. The van der Waals surface area contributed by atoms with Crippen LogP contribution in [-0.2, 0) is 11.4 Å². The zero-order valence-electron chi connectivity index (χ0n) is 8.71. The molecule has 2 rings (SSSR count). The van der Waals surface area contributed by atoms with Crippen molar-refractivity contribution in [1.29, 1.82) is 0 Å². The molecule has 1 aromatic carbocycles. The summed E-state index contributed by atoms with van der Waals surface area (Å²) in [6.07, 6.45) is -4.33. The topological polar surface area (TPSA) is 39.7 Å². The van der Waals surface area contributed by atoms with Gasteiger partial charge in [0, 0.05) is 6.54 Å². The minimum atomic E-state index is -4.33. The number of nitrogens with one attached hydrogen (secondary N) is 1. The molecule has 0 atom stereocenters. The Morgan fingerprint density at radius 2 is 2.00 bits per heavy atom. The van der Waals surface area contributed by atoms with E-state index < -0.39 is 12.8 Å². The van der Waals surface area contributed by atoms with Crippen molar-refractivity contribution in [2.75, 3.05) is 13.4 Å². The van der Waals surface area contributed by atoms with Gasteiger partial charge in [0.25, 0.3) is 0 Å². The maximum absolute atomic E-state index is 11.8. The van der Waals surface area contributed by atoms with Crippen LogP contribution >= 0.6 is 0 Å².